The van der Waals surface area contributed by atoms with Gasteiger partial charge in [-0.1, -0.05) is 0 Å². The molecule has 2 fully saturated rings. The van der Waals surface area contributed by atoms with Gasteiger partial charge in [0.25, 0.3) is 0 Å². The van der Waals surface area contributed by atoms with Crippen molar-refractivity contribution in [1.82, 2.24) is 4.98 Å². The summed E-state index contributed by atoms with van der Waals surface area (Å²) in [6.45, 7) is 10.5. The third kappa shape index (κ3) is 2.11. The fourth-order valence-electron chi connectivity index (χ4n) is 2.64. The van der Waals surface area contributed by atoms with Gasteiger partial charge in [0, 0.05) is 6.20 Å². The van der Waals surface area contributed by atoms with Gasteiger partial charge in [0.05, 0.1) is 16.8 Å². The summed E-state index contributed by atoms with van der Waals surface area (Å²) in [6.07, 6.45) is 4.39. The van der Waals surface area contributed by atoms with Crippen molar-refractivity contribution in [2.24, 2.45) is 0 Å². The van der Waals surface area contributed by atoms with E-state index in [1.54, 1.807) is 0 Å². The molecule has 1 aliphatic carbocycles. The third-order valence-electron chi connectivity index (χ3n) is 4.70. The zero-order chi connectivity index (χ0) is 13.8. The molecule has 2 heterocycles. The quantitative estimate of drug-likeness (QED) is 0.765. The lowest BCUT2D eigenvalue weighted by Gasteiger charge is -2.32. The fourth-order valence-corrected chi connectivity index (χ4v) is 2.64. The lowest BCUT2D eigenvalue weighted by Crippen LogP contribution is -2.41. The second-order valence-corrected chi connectivity index (χ2v) is 6.79. The Kier molecular flexibility index (Phi) is 2.81. The highest BCUT2D eigenvalue weighted by Gasteiger charge is 2.53. The zero-order valence-corrected chi connectivity index (χ0v) is 12.5. The summed E-state index contributed by atoms with van der Waals surface area (Å²) in [5, 5.41) is 0. The summed E-state index contributed by atoms with van der Waals surface area (Å²) >= 11 is 0. The van der Waals surface area contributed by atoms with Crippen molar-refractivity contribution in [1.29, 1.82) is 0 Å². The smallest absolute Gasteiger partial charge is 0.398 e. The normalized spacial score (nSPS) is 24.8. The molecule has 3 rings (SSSR count). The second-order valence-electron chi connectivity index (χ2n) is 6.79. The van der Waals surface area contributed by atoms with Crippen molar-refractivity contribution >= 4 is 12.7 Å². The van der Waals surface area contributed by atoms with Crippen molar-refractivity contribution in [3.63, 3.8) is 0 Å². The minimum atomic E-state index is -0.333. The highest BCUT2D eigenvalue weighted by Crippen LogP contribution is 2.42. The minimum Gasteiger partial charge on any atom is -0.398 e. The molecule has 0 N–H and O–H groups in total. The first-order valence-electron chi connectivity index (χ1n) is 7.13. The van der Waals surface area contributed by atoms with Crippen LogP contribution in [0.3, 0.4) is 0 Å². The predicted molar refractivity (Wildman–Crippen MR) is 76.7 cm³/mol. The van der Waals surface area contributed by atoms with E-state index in [0.29, 0.717) is 5.92 Å². The maximum absolute atomic E-state index is 6.14. The molecule has 0 unspecified atom stereocenters. The number of rotatable bonds is 2. The first-order valence-corrected chi connectivity index (χ1v) is 7.13. The van der Waals surface area contributed by atoms with Crippen molar-refractivity contribution in [3.8, 4) is 0 Å². The molecule has 0 aromatic carbocycles. The molecule has 1 saturated heterocycles. The van der Waals surface area contributed by atoms with Crippen LogP contribution in [0.5, 0.6) is 0 Å². The van der Waals surface area contributed by atoms with Crippen LogP contribution in [-0.4, -0.2) is 23.3 Å². The van der Waals surface area contributed by atoms with Crippen LogP contribution in [0.15, 0.2) is 12.3 Å². The predicted octanol–water partition coefficient (Wildman–Crippen LogP) is 2.57. The van der Waals surface area contributed by atoms with E-state index in [1.807, 2.05) is 6.20 Å². The molecule has 2 aliphatic rings. The summed E-state index contributed by atoms with van der Waals surface area (Å²) in [4.78, 5) is 4.56. The molecule has 1 aromatic rings. The monoisotopic (exact) mass is 259 g/mol. The Labute approximate surface area is 115 Å². The standard InChI is InChI=1S/C15H22BNO2/c1-10-8-9-17-13(12(10)11-6-7-11)16-18-14(2,3)15(4,5)19-16/h8-9,11H,6-7H2,1-5H3. The number of aryl methyl sites for hydroxylation is 1. The Morgan fingerprint density at radius 2 is 1.74 bits per heavy atom. The third-order valence-corrected chi connectivity index (χ3v) is 4.70. The number of hydrogen-bond donors (Lipinski definition) is 0. The molecule has 0 atom stereocenters. The van der Waals surface area contributed by atoms with Crippen LogP contribution < -0.4 is 5.59 Å². The SMILES string of the molecule is Cc1ccnc(B2OC(C)(C)C(C)(C)O2)c1C1CC1. The van der Waals surface area contributed by atoms with E-state index in [-0.39, 0.29) is 18.3 Å². The molecule has 3 nitrogen and oxygen atoms in total. The van der Waals surface area contributed by atoms with E-state index in [9.17, 15) is 0 Å². The summed E-state index contributed by atoms with van der Waals surface area (Å²) in [6, 6.07) is 2.09. The topological polar surface area (TPSA) is 31.4 Å². The van der Waals surface area contributed by atoms with Gasteiger partial charge < -0.3 is 9.31 Å². The molecule has 102 valence electrons. The van der Waals surface area contributed by atoms with E-state index in [4.69, 9.17) is 9.31 Å². The molecule has 1 aromatic heterocycles. The van der Waals surface area contributed by atoms with Crippen molar-refractivity contribution in [2.45, 2.75) is 64.6 Å². The van der Waals surface area contributed by atoms with Gasteiger partial charge in [0.15, 0.2) is 0 Å². The molecule has 4 heteroatoms. The van der Waals surface area contributed by atoms with Crippen LogP contribution >= 0.6 is 0 Å². The molecule has 0 amide bonds. The van der Waals surface area contributed by atoms with E-state index >= 15 is 0 Å². The maximum Gasteiger partial charge on any atom is 0.514 e. The average molecular weight is 259 g/mol. The van der Waals surface area contributed by atoms with Gasteiger partial charge in [-0.05, 0) is 70.6 Å². The van der Waals surface area contributed by atoms with Crippen LogP contribution in [0.4, 0.5) is 0 Å². The summed E-state index contributed by atoms with van der Waals surface area (Å²) < 4.78 is 12.3. The lowest BCUT2D eigenvalue weighted by molar-refractivity contribution is 0.00578. The average Bonchev–Trinajstić information content (AvgIpc) is 3.07. The number of hydrogen-bond acceptors (Lipinski definition) is 3. The van der Waals surface area contributed by atoms with Crippen LogP contribution in [0, 0.1) is 6.92 Å². The molecule has 0 bridgehead atoms. The molecular formula is C15H22BNO2. The van der Waals surface area contributed by atoms with E-state index in [0.717, 1.165) is 5.59 Å². The Hall–Kier alpha value is -0.865. The fraction of sp³-hybridized carbons (Fsp3) is 0.667. The van der Waals surface area contributed by atoms with Gasteiger partial charge in [-0.2, -0.15) is 0 Å². The molecule has 1 saturated carbocycles. The summed E-state index contributed by atoms with van der Waals surface area (Å²) in [5.74, 6) is 0.655. The molecule has 19 heavy (non-hydrogen) atoms. The summed E-state index contributed by atoms with van der Waals surface area (Å²) in [7, 11) is -0.333. The first-order chi connectivity index (χ1) is 8.82. The van der Waals surface area contributed by atoms with Gasteiger partial charge in [0.1, 0.15) is 0 Å². The zero-order valence-electron chi connectivity index (χ0n) is 12.5. The number of pyridine rings is 1. The van der Waals surface area contributed by atoms with Crippen LogP contribution in [0.1, 0.15) is 57.6 Å². The molecule has 1 aliphatic heterocycles. The lowest BCUT2D eigenvalue weighted by atomic mass is 9.78. The Balaban J connectivity index is 1.98. The maximum atomic E-state index is 6.14. The second kappa shape index (κ2) is 4.06. The minimum absolute atomic E-state index is 0.302. The molecule has 0 radical (unpaired) electrons. The van der Waals surface area contributed by atoms with Crippen LogP contribution in [0.2, 0.25) is 0 Å². The van der Waals surface area contributed by atoms with Gasteiger partial charge in [-0.15, -0.1) is 0 Å². The molecule has 0 spiro atoms. The first kappa shape index (κ1) is 13.1. The van der Waals surface area contributed by atoms with Gasteiger partial charge in [-0.25, -0.2) is 0 Å². The van der Waals surface area contributed by atoms with E-state index < -0.39 is 0 Å². The Morgan fingerprint density at radius 3 is 2.26 bits per heavy atom. The Morgan fingerprint density at radius 1 is 1.16 bits per heavy atom. The largest absolute Gasteiger partial charge is 0.514 e. The van der Waals surface area contributed by atoms with Crippen LogP contribution in [0.25, 0.3) is 0 Å². The van der Waals surface area contributed by atoms with Gasteiger partial charge in [-0.3, -0.25) is 4.98 Å². The van der Waals surface area contributed by atoms with Crippen molar-refractivity contribution < 1.29 is 9.31 Å². The highest BCUT2D eigenvalue weighted by molar-refractivity contribution is 6.61. The highest BCUT2D eigenvalue weighted by atomic mass is 16.7. The Bertz CT molecular complexity index is 493. The van der Waals surface area contributed by atoms with Crippen molar-refractivity contribution in [3.05, 3.63) is 23.4 Å². The van der Waals surface area contributed by atoms with E-state index in [1.165, 1.54) is 24.0 Å². The molecular weight excluding hydrogens is 237 g/mol. The number of aromatic nitrogens is 1. The van der Waals surface area contributed by atoms with Crippen LogP contribution in [-0.2, 0) is 9.31 Å². The van der Waals surface area contributed by atoms with Crippen molar-refractivity contribution in [2.75, 3.05) is 0 Å². The van der Waals surface area contributed by atoms with Gasteiger partial charge >= 0.3 is 7.12 Å². The number of nitrogens with zero attached hydrogens (tertiary/aromatic N) is 1. The summed E-state index contributed by atoms with van der Waals surface area (Å²) in [5.41, 5.74) is 3.04. The van der Waals surface area contributed by atoms with Gasteiger partial charge in [0.2, 0.25) is 0 Å². The van der Waals surface area contributed by atoms with E-state index in [2.05, 4.69) is 45.7 Å².